The number of hydrogen-bond acceptors (Lipinski definition) is 4. The fraction of sp³-hybridized carbons (Fsp3) is 0.474. The molecule has 0 bridgehead atoms. The van der Waals surface area contributed by atoms with Crippen LogP contribution in [0.1, 0.15) is 22.5 Å². The van der Waals surface area contributed by atoms with E-state index in [2.05, 4.69) is 5.10 Å². The molecule has 0 atom stereocenters. The van der Waals surface area contributed by atoms with Crippen molar-refractivity contribution >= 4 is 15.9 Å². The topological polar surface area (TPSA) is 75.5 Å². The lowest BCUT2D eigenvalue weighted by Gasteiger charge is -2.34. The number of benzene rings is 1. The van der Waals surface area contributed by atoms with Crippen molar-refractivity contribution in [1.82, 2.24) is 19.0 Å². The van der Waals surface area contributed by atoms with E-state index >= 15 is 0 Å². The van der Waals surface area contributed by atoms with E-state index in [9.17, 15) is 13.2 Å². The number of carbonyl (C=O) groups is 1. The lowest BCUT2D eigenvalue weighted by Crippen LogP contribution is -2.51. The summed E-state index contributed by atoms with van der Waals surface area (Å²) in [6.07, 6.45) is 0. The van der Waals surface area contributed by atoms with E-state index in [0.29, 0.717) is 31.1 Å². The molecule has 0 saturated carbocycles. The molecule has 0 N–H and O–H groups in total. The lowest BCUT2D eigenvalue weighted by atomic mass is 10.1. The molecular weight excluding hydrogens is 364 g/mol. The van der Waals surface area contributed by atoms with Crippen molar-refractivity contribution in [3.63, 3.8) is 0 Å². The van der Waals surface area contributed by atoms with Gasteiger partial charge in [-0.3, -0.25) is 9.48 Å². The van der Waals surface area contributed by atoms with Gasteiger partial charge >= 0.3 is 0 Å². The third-order valence-electron chi connectivity index (χ3n) is 5.10. The Kier molecular flexibility index (Phi) is 5.39. The number of aryl methyl sites for hydroxylation is 4. The summed E-state index contributed by atoms with van der Waals surface area (Å²) >= 11 is 0. The van der Waals surface area contributed by atoms with Crippen LogP contribution in [0.4, 0.5) is 0 Å². The van der Waals surface area contributed by atoms with Gasteiger partial charge in [-0.1, -0.05) is 6.07 Å². The maximum atomic E-state index is 12.9. The zero-order chi connectivity index (χ0) is 19.8. The maximum Gasteiger partial charge on any atom is 0.244 e. The predicted molar refractivity (Wildman–Crippen MR) is 103 cm³/mol. The highest BCUT2D eigenvalue weighted by atomic mass is 32.2. The number of amides is 1. The first kappa shape index (κ1) is 19.6. The van der Waals surface area contributed by atoms with E-state index in [-0.39, 0.29) is 12.5 Å². The van der Waals surface area contributed by atoms with Crippen LogP contribution >= 0.6 is 0 Å². The average molecular weight is 391 g/mol. The van der Waals surface area contributed by atoms with Gasteiger partial charge < -0.3 is 4.90 Å². The number of rotatable bonds is 4. The summed E-state index contributed by atoms with van der Waals surface area (Å²) in [5, 5.41) is 4.32. The number of hydrogen-bond donors (Lipinski definition) is 0. The van der Waals surface area contributed by atoms with Crippen LogP contribution in [0.3, 0.4) is 0 Å². The van der Waals surface area contributed by atoms with E-state index in [0.717, 1.165) is 22.5 Å². The Labute approximate surface area is 160 Å². The summed E-state index contributed by atoms with van der Waals surface area (Å²) in [4.78, 5) is 14.6. The minimum Gasteiger partial charge on any atom is -0.338 e. The first-order chi connectivity index (χ1) is 12.7. The van der Waals surface area contributed by atoms with Crippen LogP contribution in [0.15, 0.2) is 29.2 Å². The van der Waals surface area contributed by atoms with Crippen molar-refractivity contribution in [3.05, 3.63) is 46.8 Å². The Morgan fingerprint density at radius 3 is 2.22 bits per heavy atom. The van der Waals surface area contributed by atoms with E-state index in [1.165, 1.54) is 4.31 Å². The van der Waals surface area contributed by atoms with Crippen molar-refractivity contribution in [2.45, 2.75) is 39.1 Å². The van der Waals surface area contributed by atoms with Gasteiger partial charge in [-0.25, -0.2) is 8.42 Å². The quantitative estimate of drug-likeness (QED) is 0.796. The van der Waals surface area contributed by atoms with Gasteiger partial charge in [0.05, 0.1) is 10.6 Å². The second-order valence-electron chi connectivity index (χ2n) is 7.12. The number of carbonyl (C=O) groups excluding carboxylic acids is 1. The SMILES string of the molecule is Cc1cc(C)n(CC(=O)N2CCN(S(=O)(=O)c3ccc(C)c(C)c3)CC2)n1. The van der Waals surface area contributed by atoms with E-state index in [1.807, 2.05) is 39.8 Å². The molecule has 0 radical (unpaired) electrons. The van der Waals surface area contributed by atoms with Crippen molar-refractivity contribution in [2.24, 2.45) is 0 Å². The van der Waals surface area contributed by atoms with Crippen LogP contribution in [0.2, 0.25) is 0 Å². The zero-order valence-corrected chi connectivity index (χ0v) is 17.1. The third kappa shape index (κ3) is 4.06. The second-order valence-corrected chi connectivity index (χ2v) is 9.05. The summed E-state index contributed by atoms with van der Waals surface area (Å²) in [7, 11) is -3.53. The molecule has 0 aliphatic carbocycles. The molecule has 1 aromatic heterocycles. The van der Waals surface area contributed by atoms with Gasteiger partial charge in [0, 0.05) is 31.9 Å². The molecule has 3 rings (SSSR count). The van der Waals surface area contributed by atoms with Crippen LogP contribution in [-0.2, 0) is 21.4 Å². The first-order valence-corrected chi connectivity index (χ1v) is 10.5. The molecule has 1 aliphatic rings. The van der Waals surface area contributed by atoms with Crippen LogP contribution in [0.5, 0.6) is 0 Å². The van der Waals surface area contributed by atoms with Crippen LogP contribution in [-0.4, -0.2) is 59.5 Å². The molecule has 27 heavy (non-hydrogen) atoms. The molecule has 1 aliphatic heterocycles. The Hall–Kier alpha value is -2.19. The maximum absolute atomic E-state index is 12.9. The monoisotopic (exact) mass is 390 g/mol. The van der Waals surface area contributed by atoms with Crippen LogP contribution in [0.25, 0.3) is 0 Å². The van der Waals surface area contributed by atoms with Gasteiger partial charge in [-0.05, 0) is 57.0 Å². The molecule has 2 aromatic rings. The van der Waals surface area contributed by atoms with E-state index in [1.54, 1.807) is 21.7 Å². The number of aromatic nitrogens is 2. The fourth-order valence-electron chi connectivity index (χ4n) is 3.26. The van der Waals surface area contributed by atoms with E-state index < -0.39 is 10.0 Å². The fourth-order valence-corrected chi connectivity index (χ4v) is 4.77. The van der Waals surface area contributed by atoms with Crippen LogP contribution in [0, 0.1) is 27.7 Å². The Bertz CT molecular complexity index is 957. The number of nitrogens with zero attached hydrogens (tertiary/aromatic N) is 4. The molecule has 1 amide bonds. The number of piperazine rings is 1. The molecular formula is C19H26N4O3S. The molecule has 2 heterocycles. The molecule has 8 heteroatoms. The van der Waals surface area contributed by atoms with Crippen LogP contribution < -0.4 is 0 Å². The van der Waals surface area contributed by atoms with Gasteiger partial charge in [0.15, 0.2) is 0 Å². The molecule has 146 valence electrons. The van der Waals surface area contributed by atoms with Gasteiger partial charge in [-0.2, -0.15) is 9.40 Å². The van der Waals surface area contributed by atoms with Crippen molar-refractivity contribution in [1.29, 1.82) is 0 Å². The van der Waals surface area contributed by atoms with Crippen molar-refractivity contribution in [2.75, 3.05) is 26.2 Å². The largest absolute Gasteiger partial charge is 0.338 e. The highest BCUT2D eigenvalue weighted by Crippen LogP contribution is 2.20. The predicted octanol–water partition coefficient (Wildman–Crippen LogP) is 1.65. The second kappa shape index (κ2) is 7.44. The molecule has 1 aromatic carbocycles. The van der Waals surface area contributed by atoms with Gasteiger partial charge in [-0.15, -0.1) is 0 Å². The molecule has 7 nitrogen and oxygen atoms in total. The third-order valence-corrected chi connectivity index (χ3v) is 6.99. The molecule has 1 fully saturated rings. The zero-order valence-electron chi connectivity index (χ0n) is 16.3. The average Bonchev–Trinajstić information content (AvgIpc) is 2.94. The van der Waals surface area contributed by atoms with Gasteiger partial charge in [0.1, 0.15) is 6.54 Å². The Morgan fingerprint density at radius 2 is 1.67 bits per heavy atom. The van der Waals surface area contributed by atoms with E-state index in [4.69, 9.17) is 0 Å². The standard InChI is InChI=1S/C19H26N4O3S/c1-14-5-6-18(11-15(14)2)27(25,26)22-9-7-21(8-10-22)19(24)13-23-17(4)12-16(3)20-23/h5-6,11-12H,7-10,13H2,1-4H3. The Morgan fingerprint density at radius 1 is 1.00 bits per heavy atom. The molecule has 0 spiro atoms. The normalized spacial score (nSPS) is 15.9. The minimum absolute atomic E-state index is 0.0376. The van der Waals surface area contributed by atoms with Gasteiger partial charge in [0.25, 0.3) is 0 Å². The van der Waals surface area contributed by atoms with Crippen molar-refractivity contribution in [3.8, 4) is 0 Å². The summed E-state index contributed by atoms with van der Waals surface area (Å²) in [6.45, 7) is 9.25. The lowest BCUT2D eigenvalue weighted by molar-refractivity contribution is -0.133. The smallest absolute Gasteiger partial charge is 0.244 e. The molecule has 0 unspecified atom stereocenters. The van der Waals surface area contributed by atoms with Gasteiger partial charge in [0.2, 0.25) is 15.9 Å². The summed E-state index contributed by atoms with van der Waals surface area (Å²) < 4.78 is 28.9. The summed E-state index contributed by atoms with van der Waals surface area (Å²) in [6, 6.07) is 7.13. The summed E-state index contributed by atoms with van der Waals surface area (Å²) in [5.41, 5.74) is 3.84. The van der Waals surface area contributed by atoms with Crippen molar-refractivity contribution < 1.29 is 13.2 Å². The minimum atomic E-state index is -3.53. The summed E-state index contributed by atoms with van der Waals surface area (Å²) in [5.74, 6) is -0.0376. The highest BCUT2D eigenvalue weighted by Gasteiger charge is 2.30. The first-order valence-electron chi connectivity index (χ1n) is 9.05. The highest BCUT2D eigenvalue weighted by molar-refractivity contribution is 7.89. The number of sulfonamides is 1. The molecule has 1 saturated heterocycles. The Balaban J connectivity index is 1.64.